The van der Waals surface area contributed by atoms with Gasteiger partial charge in [-0.15, -0.1) is 0 Å². The van der Waals surface area contributed by atoms with Gasteiger partial charge in [0.15, 0.2) is 17.3 Å². The summed E-state index contributed by atoms with van der Waals surface area (Å²) in [5.41, 5.74) is 7.27. The highest BCUT2D eigenvalue weighted by atomic mass is 19.1. The number of nitrogens with one attached hydrogen (secondary N) is 4. The maximum Gasteiger partial charge on any atom is 0.323 e. The fraction of sp³-hybridized carbons (Fsp3) is 0. The van der Waals surface area contributed by atoms with E-state index in [0.29, 0.717) is 27.8 Å². The molecule has 0 aliphatic carbocycles. The van der Waals surface area contributed by atoms with E-state index in [1.165, 1.54) is 6.07 Å². The van der Waals surface area contributed by atoms with E-state index < -0.39 is 5.82 Å². The van der Waals surface area contributed by atoms with Crippen LogP contribution in [-0.4, -0.2) is 25.1 Å². The van der Waals surface area contributed by atoms with Crippen molar-refractivity contribution in [3.05, 3.63) is 40.6 Å². The van der Waals surface area contributed by atoms with Crippen LogP contribution in [0.5, 0.6) is 0 Å². The van der Waals surface area contributed by atoms with Crippen LogP contribution in [0, 0.1) is 5.82 Å². The van der Waals surface area contributed by atoms with Gasteiger partial charge in [0, 0.05) is 0 Å². The highest BCUT2D eigenvalue weighted by Crippen LogP contribution is 2.26. The Labute approximate surface area is 121 Å². The highest BCUT2D eigenvalue weighted by molar-refractivity contribution is 5.91. The number of halogens is 1. The Morgan fingerprint density at radius 2 is 2.14 bits per heavy atom. The Morgan fingerprint density at radius 3 is 3.00 bits per heavy atom. The molecule has 22 heavy (non-hydrogen) atoms. The van der Waals surface area contributed by atoms with Crippen molar-refractivity contribution in [2.75, 3.05) is 11.1 Å². The number of hydrogen-bond acceptors (Lipinski definition) is 5. The second-order valence-corrected chi connectivity index (χ2v) is 4.76. The molecule has 0 saturated heterocycles. The average Bonchev–Trinajstić information content (AvgIpc) is 3.03. The molecule has 0 aliphatic heterocycles. The summed E-state index contributed by atoms with van der Waals surface area (Å²) in [6, 6.07) is 6.43. The fourth-order valence-corrected chi connectivity index (χ4v) is 2.31. The number of H-pyrrole nitrogens is 3. The lowest BCUT2D eigenvalue weighted by molar-refractivity contribution is 0.629. The first-order valence-corrected chi connectivity index (χ1v) is 6.40. The standard InChI is InChI=1S/C13H10FN7O/c14-6-4-5-10(15)20-21-11(5)19-12(6)16-7-2-1-3-8-9(7)18-13(22)17-8/h1-4H,(H2,17,18,22)(H4,15,16,19,20,21). The molecule has 6 N–H and O–H groups in total. The number of para-hydroxylation sites is 1. The third-order valence-corrected chi connectivity index (χ3v) is 3.33. The molecule has 3 heterocycles. The van der Waals surface area contributed by atoms with Crippen molar-refractivity contribution in [1.82, 2.24) is 25.1 Å². The van der Waals surface area contributed by atoms with Gasteiger partial charge in [-0.1, -0.05) is 6.07 Å². The molecule has 3 aromatic heterocycles. The van der Waals surface area contributed by atoms with E-state index in [1.54, 1.807) is 18.2 Å². The highest BCUT2D eigenvalue weighted by Gasteiger charge is 2.13. The molecule has 0 atom stereocenters. The van der Waals surface area contributed by atoms with E-state index in [9.17, 15) is 9.18 Å². The number of rotatable bonds is 2. The van der Waals surface area contributed by atoms with E-state index in [1.807, 2.05) is 0 Å². The molecule has 8 nitrogen and oxygen atoms in total. The number of pyridine rings is 1. The van der Waals surface area contributed by atoms with Crippen molar-refractivity contribution < 1.29 is 4.39 Å². The number of nitrogens with two attached hydrogens (primary N) is 1. The summed E-state index contributed by atoms with van der Waals surface area (Å²) in [7, 11) is 0. The van der Waals surface area contributed by atoms with Crippen LogP contribution in [0.25, 0.3) is 22.1 Å². The smallest absolute Gasteiger partial charge is 0.323 e. The second-order valence-electron chi connectivity index (χ2n) is 4.76. The number of nitrogen functional groups attached to an aromatic ring is 1. The molecule has 0 amide bonds. The van der Waals surface area contributed by atoms with Gasteiger partial charge < -0.3 is 21.0 Å². The lowest BCUT2D eigenvalue weighted by atomic mass is 10.2. The predicted molar refractivity (Wildman–Crippen MR) is 80.5 cm³/mol. The van der Waals surface area contributed by atoms with E-state index >= 15 is 0 Å². The molecule has 0 saturated carbocycles. The van der Waals surface area contributed by atoms with E-state index in [0.717, 1.165) is 0 Å². The van der Waals surface area contributed by atoms with Gasteiger partial charge in [-0.3, -0.25) is 5.10 Å². The number of nitrogens with zero attached hydrogens (tertiary/aromatic N) is 2. The molecular weight excluding hydrogens is 289 g/mol. The van der Waals surface area contributed by atoms with Gasteiger partial charge >= 0.3 is 5.69 Å². The summed E-state index contributed by atoms with van der Waals surface area (Å²) < 4.78 is 14.2. The first-order valence-electron chi connectivity index (χ1n) is 6.40. The number of fused-ring (bicyclic) bond motifs is 2. The molecule has 9 heteroatoms. The molecule has 0 bridgehead atoms. The van der Waals surface area contributed by atoms with Crippen LogP contribution in [-0.2, 0) is 0 Å². The van der Waals surface area contributed by atoms with Crippen LogP contribution < -0.4 is 16.7 Å². The number of imidazole rings is 1. The topological polar surface area (TPSA) is 128 Å². The zero-order chi connectivity index (χ0) is 15.3. The van der Waals surface area contributed by atoms with Gasteiger partial charge in [0.25, 0.3) is 0 Å². The molecule has 4 aromatic rings. The maximum absolute atomic E-state index is 14.2. The minimum Gasteiger partial charge on any atom is -0.384 e. The minimum absolute atomic E-state index is 0.00597. The molecule has 0 spiro atoms. The fourth-order valence-electron chi connectivity index (χ4n) is 2.31. The van der Waals surface area contributed by atoms with Crippen LogP contribution in [0.4, 0.5) is 21.7 Å². The first kappa shape index (κ1) is 12.4. The zero-order valence-electron chi connectivity index (χ0n) is 11.1. The van der Waals surface area contributed by atoms with Gasteiger partial charge in [-0.2, -0.15) is 5.10 Å². The Kier molecular flexibility index (Phi) is 2.43. The van der Waals surface area contributed by atoms with E-state index in [4.69, 9.17) is 5.73 Å². The Balaban J connectivity index is 1.85. The number of hydrogen-bond donors (Lipinski definition) is 5. The van der Waals surface area contributed by atoms with Crippen LogP contribution in [0.3, 0.4) is 0 Å². The van der Waals surface area contributed by atoms with Crippen molar-refractivity contribution in [3.8, 4) is 0 Å². The largest absolute Gasteiger partial charge is 0.384 e. The minimum atomic E-state index is -0.574. The summed E-state index contributed by atoms with van der Waals surface area (Å²) >= 11 is 0. The lowest BCUT2D eigenvalue weighted by Crippen LogP contribution is -2.01. The summed E-state index contributed by atoms with van der Waals surface area (Å²) in [5.74, 6) is -0.325. The second kappa shape index (κ2) is 4.32. The Morgan fingerprint density at radius 1 is 1.27 bits per heavy atom. The summed E-state index contributed by atoms with van der Waals surface area (Å²) in [4.78, 5) is 20.8. The molecule has 4 rings (SSSR count). The number of aromatic nitrogens is 5. The molecule has 0 aliphatic rings. The molecular formula is C13H10FN7O. The average molecular weight is 299 g/mol. The van der Waals surface area contributed by atoms with Crippen LogP contribution in [0.15, 0.2) is 29.1 Å². The molecule has 0 unspecified atom stereocenters. The van der Waals surface area contributed by atoms with Gasteiger partial charge in [-0.25, -0.2) is 14.2 Å². The molecule has 0 fully saturated rings. The van der Waals surface area contributed by atoms with Gasteiger partial charge in [0.1, 0.15) is 5.82 Å². The van der Waals surface area contributed by atoms with Gasteiger partial charge in [-0.05, 0) is 18.2 Å². The van der Waals surface area contributed by atoms with Crippen LogP contribution in [0.1, 0.15) is 0 Å². The summed E-state index contributed by atoms with van der Waals surface area (Å²) in [6.07, 6.45) is 0. The first-order chi connectivity index (χ1) is 10.6. The summed E-state index contributed by atoms with van der Waals surface area (Å²) in [5, 5.41) is 9.71. The number of anilines is 3. The van der Waals surface area contributed by atoms with Crippen molar-refractivity contribution in [1.29, 1.82) is 0 Å². The van der Waals surface area contributed by atoms with Crippen molar-refractivity contribution >= 4 is 39.4 Å². The predicted octanol–water partition coefficient (Wildman–Crippen LogP) is 1.59. The number of aromatic amines is 3. The van der Waals surface area contributed by atoms with Gasteiger partial charge in [0.2, 0.25) is 0 Å². The maximum atomic E-state index is 14.2. The van der Waals surface area contributed by atoms with Crippen LogP contribution >= 0.6 is 0 Å². The van der Waals surface area contributed by atoms with Crippen molar-refractivity contribution in [3.63, 3.8) is 0 Å². The quantitative estimate of drug-likeness (QED) is 0.384. The molecule has 110 valence electrons. The lowest BCUT2D eigenvalue weighted by Gasteiger charge is -2.07. The van der Waals surface area contributed by atoms with E-state index in [-0.39, 0.29) is 17.3 Å². The van der Waals surface area contributed by atoms with Gasteiger partial charge in [0.05, 0.1) is 22.1 Å². The Bertz CT molecular complexity index is 1060. The molecule has 0 radical (unpaired) electrons. The third-order valence-electron chi connectivity index (χ3n) is 3.33. The van der Waals surface area contributed by atoms with Crippen molar-refractivity contribution in [2.45, 2.75) is 0 Å². The molecule has 1 aromatic carbocycles. The van der Waals surface area contributed by atoms with E-state index in [2.05, 4.69) is 30.5 Å². The number of benzene rings is 1. The van der Waals surface area contributed by atoms with Crippen LogP contribution in [0.2, 0.25) is 0 Å². The zero-order valence-corrected chi connectivity index (χ0v) is 11.1. The monoisotopic (exact) mass is 299 g/mol. The van der Waals surface area contributed by atoms with Crippen molar-refractivity contribution in [2.24, 2.45) is 0 Å². The SMILES string of the molecule is Nc1[nH]nc2nc(Nc3cccc4[nH]c(=O)[nH]c34)c(F)cc12. The summed E-state index contributed by atoms with van der Waals surface area (Å²) in [6.45, 7) is 0. The Hall–Kier alpha value is -3.36. The normalized spacial score (nSPS) is 11.3. The third kappa shape index (κ3) is 1.79.